The molecule has 4 heterocycles. The molecule has 0 N–H and O–H groups in total. The second kappa shape index (κ2) is 9.21. The minimum absolute atomic E-state index is 0.0734. The molecule has 2 saturated carbocycles. The van der Waals surface area contributed by atoms with Gasteiger partial charge >= 0.3 is 5.97 Å². The second-order valence-electron chi connectivity index (χ2n) is 12.2. The molecular formula is C31H35N5O3. The van der Waals surface area contributed by atoms with Gasteiger partial charge < -0.3 is 18.7 Å². The molecule has 8 heteroatoms. The van der Waals surface area contributed by atoms with Crippen LogP contribution in [-0.4, -0.2) is 46.1 Å². The van der Waals surface area contributed by atoms with Crippen molar-refractivity contribution in [1.29, 1.82) is 0 Å². The van der Waals surface area contributed by atoms with E-state index in [4.69, 9.17) is 9.26 Å². The summed E-state index contributed by atoms with van der Waals surface area (Å²) >= 11 is 0. The van der Waals surface area contributed by atoms with Crippen molar-refractivity contribution in [1.82, 2.24) is 19.9 Å². The molecule has 3 aliphatic rings. The van der Waals surface area contributed by atoms with Crippen molar-refractivity contribution in [3.05, 3.63) is 60.0 Å². The maximum absolute atomic E-state index is 12.3. The largest absolute Gasteiger partial charge is 0.468 e. The summed E-state index contributed by atoms with van der Waals surface area (Å²) in [4.78, 5) is 14.5. The van der Waals surface area contributed by atoms with Crippen LogP contribution in [0.3, 0.4) is 0 Å². The van der Waals surface area contributed by atoms with Crippen molar-refractivity contribution in [2.75, 3.05) is 25.1 Å². The van der Waals surface area contributed by atoms with Gasteiger partial charge in [0.2, 0.25) is 0 Å². The van der Waals surface area contributed by atoms with Crippen LogP contribution < -0.4 is 4.90 Å². The summed E-state index contributed by atoms with van der Waals surface area (Å²) < 4.78 is 13.2. The number of anilines is 1. The van der Waals surface area contributed by atoms with Crippen LogP contribution in [-0.2, 0) is 9.53 Å². The Hall–Kier alpha value is -3.68. The fourth-order valence-corrected chi connectivity index (χ4v) is 6.95. The van der Waals surface area contributed by atoms with Gasteiger partial charge in [-0.05, 0) is 50.2 Å². The first-order valence-corrected chi connectivity index (χ1v) is 14.2. The van der Waals surface area contributed by atoms with Crippen molar-refractivity contribution in [3.8, 4) is 11.3 Å². The van der Waals surface area contributed by atoms with Crippen molar-refractivity contribution in [2.24, 2.45) is 11.3 Å². The highest BCUT2D eigenvalue weighted by Crippen LogP contribution is 2.58. The van der Waals surface area contributed by atoms with Crippen LogP contribution in [0.1, 0.15) is 75.3 Å². The lowest BCUT2D eigenvalue weighted by Gasteiger charge is -2.59. The third kappa shape index (κ3) is 4.03. The molecule has 4 aromatic rings. The number of methoxy groups -OCH3 is 1. The Bertz CT molecular complexity index is 1510. The molecule has 1 atom stereocenters. The zero-order valence-corrected chi connectivity index (χ0v) is 22.8. The van der Waals surface area contributed by atoms with Crippen LogP contribution in [0.4, 0.5) is 5.82 Å². The summed E-state index contributed by atoms with van der Waals surface area (Å²) in [5.74, 6) is 1.31. The molecule has 1 unspecified atom stereocenters. The normalized spacial score (nSPS) is 19.6. The smallest absolute Gasteiger partial charge is 0.316 e. The molecule has 0 amide bonds. The van der Waals surface area contributed by atoms with Gasteiger partial charge in [0.25, 0.3) is 0 Å². The van der Waals surface area contributed by atoms with Gasteiger partial charge in [-0.2, -0.15) is 0 Å². The van der Waals surface area contributed by atoms with Crippen LogP contribution in [0.25, 0.3) is 22.3 Å². The van der Waals surface area contributed by atoms with E-state index >= 15 is 0 Å². The predicted molar refractivity (Wildman–Crippen MR) is 149 cm³/mol. The van der Waals surface area contributed by atoms with E-state index in [-0.39, 0.29) is 11.9 Å². The zero-order valence-electron chi connectivity index (χ0n) is 22.8. The Balaban J connectivity index is 1.08. The van der Waals surface area contributed by atoms with E-state index in [0.717, 1.165) is 35.7 Å². The van der Waals surface area contributed by atoms with E-state index in [9.17, 15) is 4.79 Å². The van der Waals surface area contributed by atoms with Crippen LogP contribution in [0, 0.1) is 11.3 Å². The first kappa shape index (κ1) is 24.4. The molecule has 1 spiro atoms. The number of fused-ring (bicyclic) bond motifs is 1. The van der Waals surface area contributed by atoms with Crippen LogP contribution in [0.15, 0.2) is 53.1 Å². The molecule has 2 aliphatic carbocycles. The summed E-state index contributed by atoms with van der Waals surface area (Å²) in [6.45, 7) is 5.94. The molecule has 0 bridgehead atoms. The van der Waals surface area contributed by atoms with Crippen LogP contribution in [0.5, 0.6) is 0 Å². The fourth-order valence-electron chi connectivity index (χ4n) is 6.95. The Morgan fingerprint density at radius 1 is 1.08 bits per heavy atom. The highest BCUT2D eigenvalue weighted by Gasteiger charge is 2.54. The van der Waals surface area contributed by atoms with Crippen molar-refractivity contribution < 1.29 is 14.1 Å². The van der Waals surface area contributed by atoms with E-state index in [1.54, 1.807) is 0 Å². The third-order valence-electron chi connectivity index (χ3n) is 9.23. The average Bonchev–Trinajstić information content (AvgIpc) is 3.47. The molecule has 1 aliphatic heterocycles. The Morgan fingerprint density at radius 2 is 1.85 bits per heavy atom. The van der Waals surface area contributed by atoms with Gasteiger partial charge in [0, 0.05) is 47.8 Å². The number of rotatable bonds is 7. The standard InChI is InChI=1S/C31H35N5O3/c1-19(2)29(30(37)38-3)27-14-28(34-39-27)35-17-31(18-35)15-21(16-31)25-13-24-26(36(25)22-10-7-11-22)12-23(32-33-24)20-8-5-4-6-9-20/h4-6,8-9,12-14,19,21-22,29H,7,10-11,15-18H2,1-3H3. The fraction of sp³-hybridized carbons (Fsp3) is 0.484. The number of benzene rings is 1. The van der Waals surface area contributed by atoms with E-state index in [2.05, 4.69) is 61.2 Å². The van der Waals surface area contributed by atoms with Gasteiger partial charge in [-0.25, -0.2) is 0 Å². The van der Waals surface area contributed by atoms with Gasteiger partial charge in [0.1, 0.15) is 11.4 Å². The molecular weight excluding hydrogens is 490 g/mol. The first-order valence-electron chi connectivity index (χ1n) is 14.2. The van der Waals surface area contributed by atoms with Crippen LogP contribution in [0.2, 0.25) is 0 Å². The molecule has 7 rings (SSSR count). The molecule has 39 heavy (non-hydrogen) atoms. The molecule has 1 saturated heterocycles. The van der Waals surface area contributed by atoms with Crippen molar-refractivity contribution in [3.63, 3.8) is 0 Å². The predicted octanol–water partition coefficient (Wildman–Crippen LogP) is 6.11. The number of esters is 1. The first-order chi connectivity index (χ1) is 18.9. The monoisotopic (exact) mass is 525 g/mol. The zero-order chi connectivity index (χ0) is 26.7. The minimum Gasteiger partial charge on any atom is -0.468 e. The Morgan fingerprint density at radius 3 is 2.51 bits per heavy atom. The number of ether oxygens (including phenoxy) is 1. The highest BCUT2D eigenvalue weighted by atomic mass is 16.5. The summed E-state index contributed by atoms with van der Waals surface area (Å²) in [5.41, 5.74) is 6.03. The van der Waals surface area contributed by atoms with Crippen molar-refractivity contribution in [2.45, 2.75) is 63.8 Å². The Labute approximate surface area is 228 Å². The SMILES string of the molecule is COC(=O)C(c1cc(N2CC3(CC(c4cc5nnc(-c6ccccc6)cc5n4C4CCC4)C3)C2)no1)C(C)C. The molecule has 0 radical (unpaired) electrons. The summed E-state index contributed by atoms with van der Waals surface area (Å²) in [5, 5.41) is 13.5. The van der Waals surface area contributed by atoms with Crippen molar-refractivity contribution >= 4 is 22.8 Å². The Kier molecular flexibility index (Phi) is 5.75. The van der Waals surface area contributed by atoms with E-state index in [0.29, 0.717) is 23.1 Å². The van der Waals surface area contributed by atoms with Crippen LogP contribution >= 0.6 is 0 Å². The van der Waals surface area contributed by atoms with Gasteiger partial charge in [0.15, 0.2) is 11.6 Å². The second-order valence-corrected chi connectivity index (χ2v) is 12.2. The third-order valence-corrected chi connectivity index (χ3v) is 9.23. The lowest BCUT2D eigenvalue weighted by Crippen LogP contribution is -2.62. The minimum atomic E-state index is -0.432. The number of carbonyl (C=O) groups is 1. The maximum atomic E-state index is 12.3. The van der Waals surface area contributed by atoms with E-state index in [1.165, 1.54) is 50.4 Å². The topological polar surface area (TPSA) is 86.3 Å². The molecule has 202 valence electrons. The average molecular weight is 526 g/mol. The van der Waals surface area contributed by atoms with E-state index < -0.39 is 5.92 Å². The van der Waals surface area contributed by atoms with Gasteiger partial charge in [-0.15, -0.1) is 10.2 Å². The van der Waals surface area contributed by atoms with E-state index in [1.807, 2.05) is 26.0 Å². The summed E-state index contributed by atoms with van der Waals surface area (Å²) in [6.07, 6.45) is 6.12. The molecule has 3 aromatic heterocycles. The summed E-state index contributed by atoms with van der Waals surface area (Å²) in [7, 11) is 1.42. The molecule has 1 aromatic carbocycles. The van der Waals surface area contributed by atoms with Gasteiger partial charge in [-0.1, -0.05) is 49.3 Å². The number of hydrogen-bond donors (Lipinski definition) is 0. The van der Waals surface area contributed by atoms with Gasteiger partial charge in [0.05, 0.1) is 18.3 Å². The molecule has 8 nitrogen and oxygen atoms in total. The molecule has 3 fully saturated rings. The van der Waals surface area contributed by atoms with Gasteiger partial charge in [-0.3, -0.25) is 4.79 Å². The highest BCUT2D eigenvalue weighted by molar-refractivity contribution is 5.81. The lowest BCUT2D eigenvalue weighted by molar-refractivity contribution is -0.144. The number of aromatic nitrogens is 4. The quantitative estimate of drug-likeness (QED) is 0.269. The maximum Gasteiger partial charge on any atom is 0.316 e. The number of hydrogen-bond acceptors (Lipinski definition) is 7. The lowest BCUT2D eigenvalue weighted by atomic mass is 9.57. The summed E-state index contributed by atoms with van der Waals surface area (Å²) in [6, 6.07) is 17.4. The number of carbonyl (C=O) groups excluding carboxylic acids is 1. The number of nitrogens with zero attached hydrogens (tertiary/aromatic N) is 5.